The molecule has 1 saturated heterocycles. The van der Waals surface area contributed by atoms with E-state index < -0.39 is 3.79 Å². The number of halogens is 3. The number of rotatable bonds is 1. The van der Waals surface area contributed by atoms with Crippen LogP contribution in [-0.2, 0) is 4.74 Å². The molecule has 1 aliphatic rings. The minimum atomic E-state index is -1.16. The molecule has 0 aromatic carbocycles. The van der Waals surface area contributed by atoms with Crippen molar-refractivity contribution in [2.45, 2.75) is 29.7 Å². The molecule has 0 spiro atoms. The highest BCUT2D eigenvalue weighted by Crippen LogP contribution is 2.36. The van der Waals surface area contributed by atoms with Crippen molar-refractivity contribution in [3.63, 3.8) is 0 Å². The molecule has 1 rings (SSSR count). The van der Waals surface area contributed by atoms with Crippen molar-refractivity contribution < 1.29 is 4.74 Å². The predicted octanol–water partition coefficient (Wildman–Crippen LogP) is 3.17. The van der Waals surface area contributed by atoms with E-state index in [0.717, 1.165) is 13.0 Å². The first-order chi connectivity index (χ1) is 4.99. The van der Waals surface area contributed by atoms with Gasteiger partial charge in [-0.15, -0.1) is 0 Å². The molecule has 2 atom stereocenters. The number of hydrogen-bond donors (Lipinski definition) is 0. The van der Waals surface area contributed by atoms with Gasteiger partial charge in [-0.25, -0.2) is 0 Å². The minimum Gasteiger partial charge on any atom is -0.378 e. The van der Waals surface area contributed by atoms with E-state index in [0.29, 0.717) is 12.3 Å². The van der Waals surface area contributed by atoms with E-state index in [-0.39, 0.29) is 6.10 Å². The molecule has 0 bridgehead atoms. The van der Waals surface area contributed by atoms with Gasteiger partial charge < -0.3 is 4.74 Å². The summed E-state index contributed by atoms with van der Waals surface area (Å²) in [5.41, 5.74) is 0. The standard InChI is InChI=1S/C7H11Cl3O/c1-5-2-3-11-6(5)4-7(8,9)10/h5-6H,2-4H2,1H3/t5-,6-/m0/s1. The summed E-state index contributed by atoms with van der Waals surface area (Å²) >= 11 is 16.9. The Balaban J connectivity index is 2.37. The molecule has 1 heterocycles. The van der Waals surface area contributed by atoms with Crippen LogP contribution in [0, 0.1) is 5.92 Å². The van der Waals surface area contributed by atoms with Crippen LogP contribution < -0.4 is 0 Å². The van der Waals surface area contributed by atoms with Crippen LogP contribution in [-0.4, -0.2) is 16.5 Å². The van der Waals surface area contributed by atoms with Crippen LogP contribution in [0.15, 0.2) is 0 Å². The maximum absolute atomic E-state index is 5.63. The second-order valence-corrected chi connectivity index (χ2v) is 5.51. The molecule has 1 nitrogen and oxygen atoms in total. The van der Waals surface area contributed by atoms with Crippen molar-refractivity contribution >= 4 is 34.8 Å². The van der Waals surface area contributed by atoms with Crippen LogP contribution in [0.2, 0.25) is 0 Å². The van der Waals surface area contributed by atoms with Crippen molar-refractivity contribution in [3.8, 4) is 0 Å². The first kappa shape index (κ1) is 9.91. The maximum Gasteiger partial charge on any atom is 0.193 e. The zero-order valence-corrected chi connectivity index (χ0v) is 8.59. The quantitative estimate of drug-likeness (QED) is 0.613. The van der Waals surface area contributed by atoms with E-state index in [4.69, 9.17) is 39.5 Å². The average molecular weight is 218 g/mol. The Kier molecular flexibility index (Phi) is 3.33. The third kappa shape index (κ3) is 3.37. The van der Waals surface area contributed by atoms with Crippen LogP contribution in [0.4, 0.5) is 0 Å². The topological polar surface area (TPSA) is 9.23 Å². The molecular weight excluding hydrogens is 206 g/mol. The van der Waals surface area contributed by atoms with E-state index in [2.05, 4.69) is 6.92 Å². The van der Waals surface area contributed by atoms with Crippen molar-refractivity contribution in [2.24, 2.45) is 5.92 Å². The lowest BCUT2D eigenvalue weighted by Gasteiger charge is -2.19. The molecule has 1 aliphatic heterocycles. The Morgan fingerprint density at radius 3 is 2.45 bits per heavy atom. The van der Waals surface area contributed by atoms with Gasteiger partial charge in [-0.2, -0.15) is 0 Å². The summed E-state index contributed by atoms with van der Waals surface area (Å²) in [4.78, 5) is 0. The summed E-state index contributed by atoms with van der Waals surface area (Å²) < 4.78 is 4.22. The van der Waals surface area contributed by atoms with E-state index in [1.54, 1.807) is 0 Å². The summed E-state index contributed by atoms with van der Waals surface area (Å²) in [6.45, 7) is 2.92. The van der Waals surface area contributed by atoms with Gasteiger partial charge in [-0.05, 0) is 12.3 Å². The van der Waals surface area contributed by atoms with Crippen LogP contribution in [0.1, 0.15) is 19.8 Å². The number of ether oxygens (including phenoxy) is 1. The number of hydrogen-bond acceptors (Lipinski definition) is 1. The van der Waals surface area contributed by atoms with Gasteiger partial charge in [0, 0.05) is 13.0 Å². The Hall–Kier alpha value is 0.830. The molecule has 0 aliphatic carbocycles. The summed E-state index contributed by atoms with van der Waals surface area (Å²) in [6, 6.07) is 0. The normalized spacial score (nSPS) is 32.7. The van der Waals surface area contributed by atoms with Crippen molar-refractivity contribution in [3.05, 3.63) is 0 Å². The van der Waals surface area contributed by atoms with Gasteiger partial charge >= 0.3 is 0 Å². The van der Waals surface area contributed by atoms with E-state index >= 15 is 0 Å². The zero-order chi connectivity index (χ0) is 8.48. The Morgan fingerprint density at radius 2 is 2.09 bits per heavy atom. The lowest BCUT2D eigenvalue weighted by atomic mass is 10.0. The minimum absolute atomic E-state index is 0.127. The maximum atomic E-state index is 5.63. The molecule has 0 radical (unpaired) electrons. The Bertz CT molecular complexity index is 132. The fourth-order valence-electron chi connectivity index (χ4n) is 1.24. The summed E-state index contributed by atoms with van der Waals surface area (Å²) in [7, 11) is 0. The zero-order valence-electron chi connectivity index (χ0n) is 6.32. The van der Waals surface area contributed by atoms with Crippen LogP contribution >= 0.6 is 34.8 Å². The summed E-state index contributed by atoms with van der Waals surface area (Å²) in [5.74, 6) is 0.519. The molecule has 11 heavy (non-hydrogen) atoms. The Morgan fingerprint density at radius 1 is 1.45 bits per heavy atom. The van der Waals surface area contributed by atoms with Crippen molar-refractivity contribution in [2.75, 3.05) is 6.61 Å². The molecule has 0 aromatic rings. The van der Waals surface area contributed by atoms with Gasteiger partial charge in [-0.1, -0.05) is 41.7 Å². The molecule has 0 N–H and O–H groups in total. The second-order valence-electron chi connectivity index (χ2n) is 2.99. The summed E-state index contributed by atoms with van der Waals surface area (Å²) in [6.07, 6.45) is 1.70. The highest BCUT2D eigenvalue weighted by Gasteiger charge is 2.32. The molecule has 1 fully saturated rings. The van der Waals surface area contributed by atoms with Crippen LogP contribution in [0.25, 0.3) is 0 Å². The van der Waals surface area contributed by atoms with Crippen LogP contribution in [0.5, 0.6) is 0 Å². The largest absolute Gasteiger partial charge is 0.378 e. The molecule has 0 aromatic heterocycles. The van der Waals surface area contributed by atoms with Crippen LogP contribution in [0.3, 0.4) is 0 Å². The van der Waals surface area contributed by atoms with Gasteiger partial charge in [0.05, 0.1) is 6.10 Å². The SMILES string of the molecule is C[C@H]1CCO[C@H]1CC(Cl)(Cl)Cl. The lowest BCUT2D eigenvalue weighted by molar-refractivity contribution is 0.0881. The molecule has 0 amide bonds. The second kappa shape index (κ2) is 3.69. The average Bonchev–Trinajstić information content (AvgIpc) is 2.12. The first-order valence-electron chi connectivity index (χ1n) is 3.67. The molecule has 4 heteroatoms. The van der Waals surface area contributed by atoms with E-state index in [9.17, 15) is 0 Å². The smallest absolute Gasteiger partial charge is 0.193 e. The van der Waals surface area contributed by atoms with Gasteiger partial charge in [0.2, 0.25) is 0 Å². The van der Waals surface area contributed by atoms with Gasteiger partial charge in [-0.3, -0.25) is 0 Å². The van der Waals surface area contributed by atoms with Crippen molar-refractivity contribution in [1.82, 2.24) is 0 Å². The monoisotopic (exact) mass is 216 g/mol. The van der Waals surface area contributed by atoms with E-state index in [1.807, 2.05) is 0 Å². The number of alkyl halides is 3. The highest BCUT2D eigenvalue weighted by molar-refractivity contribution is 6.67. The fourth-order valence-corrected chi connectivity index (χ4v) is 1.70. The summed E-state index contributed by atoms with van der Waals surface area (Å²) in [5, 5.41) is 0. The molecular formula is C7H11Cl3O. The molecule has 0 saturated carbocycles. The molecule has 0 unspecified atom stereocenters. The Labute approximate surface area is 81.9 Å². The van der Waals surface area contributed by atoms with Gasteiger partial charge in [0.1, 0.15) is 0 Å². The lowest BCUT2D eigenvalue weighted by Crippen LogP contribution is -2.20. The third-order valence-corrected chi connectivity index (χ3v) is 2.44. The van der Waals surface area contributed by atoms with Gasteiger partial charge in [0.25, 0.3) is 0 Å². The van der Waals surface area contributed by atoms with E-state index in [1.165, 1.54) is 0 Å². The fraction of sp³-hybridized carbons (Fsp3) is 1.00. The third-order valence-electron chi connectivity index (χ3n) is 1.97. The first-order valence-corrected chi connectivity index (χ1v) is 4.81. The highest BCUT2D eigenvalue weighted by atomic mass is 35.6. The van der Waals surface area contributed by atoms with Gasteiger partial charge in [0.15, 0.2) is 3.79 Å². The molecule has 66 valence electrons. The predicted molar refractivity (Wildman–Crippen MR) is 48.4 cm³/mol. The van der Waals surface area contributed by atoms with Crippen molar-refractivity contribution in [1.29, 1.82) is 0 Å².